The van der Waals surface area contributed by atoms with E-state index in [0.717, 1.165) is 11.0 Å². The van der Waals surface area contributed by atoms with Crippen molar-refractivity contribution in [1.82, 2.24) is 20.2 Å². The maximum Gasteiger partial charge on any atom is 0.326 e. The number of aromatic amines is 1. The summed E-state index contributed by atoms with van der Waals surface area (Å²) in [6.45, 7) is 0.356. The molecule has 2 amide bonds. The SMILES string of the molecule is NCC(=O)NCC(=O)NCCn1c(=O)[nH]c2ccccc21. The smallest absolute Gasteiger partial charge is 0.326 e. The van der Waals surface area contributed by atoms with Crippen LogP contribution in [0.1, 0.15) is 0 Å². The van der Waals surface area contributed by atoms with Crippen molar-refractivity contribution < 1.29 is 9.59 Å². The molecule has 1 aromatic heterocycles. The minimum atomic E-state index is -0.391. The van der Waals surface area contributed by atoms with Gasteiger partial charge in [-0.15, -0.1) is 0 Å². The zero-order valence-electron chi connectivity index (χ0n) is 11.4. The highest BCUT2D eigenvalue weighted by Crippen LogP contribution is 2.08. The van der Waals surface area contributed by atoms with E-state index in [1.54, 1.807) is 4.57 Å². The van der Waals surface area contributed by atoms with Gasteiger partial charge in [-0.2, -0.15) is 0 Å². The lowest BCUT2D eigenvalue weighted by Gasteiger charge is -2.07. The first-order valence-corrected chi connectivity index (χ1v) is 6.53. The number of benzene rings is 1. The van der Waals surface area contributed by atoms with Crippen LogP contribution in [0.5, 0.6) is 0 Å². The van der Waals surface area contributed by atoms with Crippen LogP contribution in [-0.4, -0.2) is 41.0 Å². The molecule has 1 aromatic carbocycles. The Morgan fingerprint density at radius 1 is 1.19 bits per heavy atom. The first-order chi connectivity index (χ1) is 10.1. The largest absolute Gasteiger partial charge is 0.353 e. The van der Waals surface area contributed by atoms with Crippen molar-refractivity contribution in [3.63, 3.8) is 0 Å². The molecule has 0 aliphatic carbocycles. The molecular formula is C13H17N5O3. The van der Waals surface area contributed by atoms with E-state index in [1.807, 2.05) is 24.3 Å². The number of nitrogens with one attached hydrogen (secondary N) is 3. The molecule has 112 valence electrons. The topological polar surface area (TPSA) is 122 Å². The van der Waals surface area contributed by atoms with Gasteiger partial charge in [0.1, 0.15) is 0 Å². The second-order valence-corrected chi connectivity index (χ2v) is 4.43. The van der Waals surface area contributed by atoms with E-state index in [1.165, 1.54) is 0 Å². The van der Waals surface area contributed by atoms with Gasteiger partial charge in [-0.25, -0.2) is 4.79 Å². The van der Waals surface area contributed by atoms with Gasteiger partial charge in [0, 0.05) is 13.1 Å². The molecule has 1 heterocycles. The van der Waals surface area contributed by atoms with Crippen LogP contribution < -0.4 is 22.1 Å². The molecule has 0 unspecified atom stereocenters. The molecule has 5 N–H and O–H groups in total. The number of rotatable bonds is 6. The molecule has 2 rings (SSSR count). The van der Waals surface area contributed by atoms with E-state index < -0.39 is 5.91 Å². The third kappa shape index (κ3) is 3.69. The van der Waals surface area contributed by atoms with Gasteiger partial charge in [-0.3, -0.25) is 14.2 Å². The van der Waals surface area contributed by atoms with E-state index in [4.69, 9.17) is 5.73 Å². The number of aromatic nitrogens is 2. The maximum absolute atomic E-state index is 11.8. The number of hydrogen-bond donors (Lipinski definition) is 4. The number of para-hydroxylation sites is 2. The van der Waals surface area contributed by atoms with Gasteiger partial charge >= 0.3 is 5.69 Å². The molecule has 0 saturated heterocycles. The van der Waals surface area contributed by atoms with Crippen molar-refractivity contribution in [1.29, 1.82) is 0 Å². The Bertz CT molecular complexity index is 703. The van der Waals surface area contributed by atoms with Gasteiger partial charge < -0.3 is 21.4 Å². The van der Waals surface area contributed by atoms with Gasteiger partial charge in [-0.05, 0) is 12.1 Å². The first-order valence-electron chi connectivity index (χ1n) is 6.53. The lowest BCUT2D eigenvalue weighted by atomic mass is 10.3. The second kappa shape index (κ2) is 6.71. The van der Waals surface area contributed by atoms with Gasteiger partial charge in [0.2, 0.25) is 11.8 Å². The fraction of sp³-hybridized carbons (Fsp3) is 0.308. The number of carbonyl (C=O) groups is 2. The molecule has 0 bridgehead atoms. The summed E-state index contributed by atoms with van der Waals surface area (Å²) < 4.78 is 1.55. The van der Waals surface area contributed by atoms with Crippen molar-refractivity contribution in [3.8, 4) is 0 Å². The average molecular weight is 291 g/mol. The Hall–Kier alpha value is -2.61. The van der Waals surface area contributed by atoms with Crippen molar-refractivity contribution in [2.45, 2.75) is 6.54 Å². The van der Waals surface area contributed by atoms with Gasteiger partial charge in [-0.1, -0.05) is 12.1 Å². The van der Waals surface area contributed by atoms with Crippen molar-refractivity contribution >= 4 is 22.8 Å². The molecule has 0 fully saturated rings. The monoisotopic (exact) mass is 291 g/mol. The van der Waals surface area contributed by atoms with Crippen LogP contribution in [0.15, 0.2) is 29.1 Å². The predicted octanol–water partition coefficient (Wildman–Crippen LogP) is -1.48. The molecule has 21 heavy (non-hydrogen) atoms. The summed E-state index contributed by atoms with van der Waals surface area (Å²) in [6.07, 6.45) is 0. The molecule has 0 aliphatic rings. The fourth-order valence-corrected chi connectivity index (χ4v) is 1.95. The minimum absolute atomic E-state index is 0.126. The number of carbonyl (C=O) groups excluding carboxylic acids is 2. The molecule has 0 aliphatic heterocycles. The summed E-state index contributed by atoms with van der Waals surface area (Å²) >= 11 is 0. The average Bonchev–Trinajstić information content (AvgIpc) is 2.81. The number of hydrogen-bond acceptors (Lipinski definition) is 4. The second-order valence-electron chi connectivity index (χ2n) is 4.43. The predicted molar refractivity (Wildman–Crippen MR) is 77.6 cm³/mol. The number of nitrogens with zero attached hydrogens (tertiary/aromatic N) is 1. The number of fused-ring (bicyclic) bond motifs is 1. The molecule has 0 saturated carbocycles. The Kier molecular flexibility index (Phi) is 4.72. The van der Waals surface area contributed by atoms with E-state index in [9.17, 15) is 14.4 Å². The number of nitrogens with two attached hydrogens (primary N) is 1. The Balaban J connectivity index is 1.88. The van der Waals surface area contributed by atoms with Crippen molar-refractivity contribution in [2.24, 2.45) is 5.73 Å². The normalized spacial score (nSPS) is 10.5. The first kappa shape index (κ1) is 14.8. The summed E-state index contributed by atoms with van der Waals surface area (Å²) in [5, 5.41) is 4.99. The molecule has 0 radical (unpaired) electrons. The standard InChI is InChI=1S/C13H17N5O3/c14-7-11(19)16-8-12(20)15-5-6-18-10-4-2-1-3-9(10)17-13(18)21/h1-4H,5-8,14H2,(H,15,20)(H,16,19)(H,17,21). The van der Waals surface area contributed by atoms with Gasteiger partial charge in [0.25, 0.3) is 0 Å². The minimum Gasteiger partial charge on any atom is -0.353 e. The molecule has 8 nitrogen and oxygen atoms in total. The summed E-state index contributed by atoms with van der Waals surface area (Å²) in [5.74, 6) is -0.720. The van der Waals surface area contributed by atoms with Crippen LogP contribution in [0.2, 0.25) is 0 Å². The zero-order valence-corrected chi connectivity index (χ0v) is 11.4. The van der Waals surface area contributed by atoms with Crippen LogP contribution in [0.3, 0.4) is 0 Å². The maximum atomic E-state index is 11.8. The molecule has 8 heteroatoms. The summed E-state index contributed by atoms with van der Waals surface area (Å²) in [5.41, 5.74) is 6.43. The lowest BCUT2D eigenvalue weighted by Crippen LogP contribution is -2.40. The summed E-state index contributed by atoms with van der Waals surface area (Å²) in [6, 6.07) is 7.32. The number of amides is 2. The molecule has 0 spiro atoms. The van der Waals surface area contributed by atoms with Crippen molar-refractivity contribution in [2.75, 3.05) is 19.6 Å². The van der Waals surface area contributed by atoms with Gasteiger partial charge in [0.15, 0.2) is 0 Å². The zero-order chi connectivity index (χ0) is 15.2. The highest BCUT2D eigenvalue weighted by molar-refractivity contribution is 5.85. The van der Waals surface area contributed by atoms with E-state index >= 15 is 0 Å². The quantitative estimate of drug-likeness (QED) is 0.518. The van der Waals surface area contributed by atoms with Crippen LogP contribution >= 0.6 is 0 Å². The Morgan fingerprint density at radius 2 is 1.95 bits per heavy atom. The Labute approximate surface area is 120 Å². The van der Waals surface area contributed by atoms with Gasteiger partial charge in [0.05, 0.1) is 24.1 Å². The summed E-state index contributed by atoms with van der Waals surface area (Å²) in [7, 11) is 0. The fourth-order valence-electron chi connectivity index (χ4n) is 1.95. The van der Waals surface area contributed by atoms with Crippen LogP contribution in [0.4, 0.5) is 0 Å². The molecular weight excluding hydrogens is 274 g/mol. The third-order valence-electron chi connectivity index (χ3n) is 2.97. The lowest BCUT2D eigenvalue weighted by molar-refractivity contribution is -0.125. The highest BCUT2D eigenvalue weighted by atomic mass is 16.2. The number of imidazole rings is 1. The highest BCUT2D eigenvalue weighted by Gasteiger charge is 2.07. The number of H-pyrrole nitrogens is 1. The van der Waals surface area contributed by atoms with Crippen LogP contribution in [-0.2, 0) is 16.1 Å². The van der Waals surface area contributed by atoms with Crippen LogP contribution in [0.25, 0.3) is 11.0 Å². The third-order valence-corrected chi connectivity index (χ3v) is 2.97. The van der Waals surface area contributed by atoms with E-state index in [0.29, 0.717) is 13.1 Å². The molecule has 2 aromatic rings. The van der Waals surface area contributed by atoms with E-state index in [2.05, 4.69) is 15.6 Å². The van der Waals surface area contributed by atoms with Crippen LogP contribution in [0, 0.1) is 0 Å². The molecule has 0 atom stereocenters. The summed E-state index contributed by atoms with van der Waals surface area (Å²) in [4.78, 5) is 36.9. The Morgan fingerprint density at radius 3 is 2.71 bits per heavy atom. The van der Waals surface area contributed by atoms with E-state index in [-0.39, 0.29) is 24.7 Å². The van der Waals surface area contributed by atoms with Crippen molar-refractivity contribution in [3.05, 3.63) is 34.7 Å².